The van der Waals surface area contributed by atoms with Gasteiger partial charge in [0, 0.05) is 12.5 Å². The minimum Gasteiger partial charge on any atom is -0.493 e. The number of benzene rings is 1. The average Bonchev–Trinajstić information content (AvgIpc) is 2.84. The third kappa shape index (κ3) is 2.63. The zero-order chi connectivity index (χ0) is 12.3. The minimum atomic E-state index is -0.00524. The highest BCUT2D eigenvalue weighted by molar-refractivity contribution is 6.32. The molecule has 1 atom stereocenters. The van der Waals surface area contributed by atoms with Crippen molar-refractivity contribution in [2.45, 2.75) is 12.5 Å². The van der Waals surface area contributed by atoms with Gasteiger partial charge in [0.15, 0.2) is 11.5 Å². The summed E-state index contributed by atoms with van der Waals surface area (Å²) in [5.74, 6) is 0.949. The molecule has 1 aromatic rings. The molecule has 90 valence electrons. The van der Waals surface area contributed by atoms with E-state index in [1.54, 1.807) is 12.1 Å². The molecule has 1 aliphatic rings. The molecule has 1 aromatic carbocycles. The molecule has 1 fully saturated rings. The van der Waals surface area contributed by atoms with Crippen molar-refractivity contribution in [3.63, 3.8) is 0 Å². The van der Waals surface area contributed by atoms with Crippen molar-refractivity contribution in [3.8, 4) is 17.6 Å². The molecular weight excluding hydrogens is 242 g/mol. The lowest BCUT2D eigenvalue weighted by atomic mass is 10.2. The highest BCUT2D eigenvalue weighted by atomic mass is 35.5. The first-order chi connectivity index (χ1) is 8.24. The Labute approximate surface area is 105 Å². The minimum absolute atomic E-state index is 0.00524. The van der Waals surface area contributed by atoms with Crippen LogP contribution in [0.3, 0.4) is 0 Å². The number of rotatable bonds is 3. The van der Waals surface area contributed by atoms with Gasteiger partial charge in [0.25, 0.3) is 0 Å². The Bertz CT molecular complexity index is 450. The Hall–Kier alpha value is -1.44. The van der Waals surface area contributed by atoms with Crippen LogP contribution in [0.15, 0.2) is 12.1 Å². The van der Waals surface area contributed by atoms with Crippen LogP contribution in [0.5, 0.6) is 11.5 Å². The molecule has 0 aromatic heterocycles. The highest BCUT2D eigenvalue weighted by Crippen LogP contribution is 2.37. The van der Waals surface area contributed by atoms with Crippen molar-refractivity contribution in [1.29, 1.82) is 5.26 Å². The monoisotopic (exact) mass is 253 g/mol. The van der Waals surface area contributed by atoms with E-state index in [1.165, 1.54) is 7.11 Å². The first-order valence-electron chi connectivity index (χ1n) is 5.26. The van der Waals surface area contributed by atoms with Crippen LogP contribution in [0.4, 0.5) is 0 Å². The maximum Gasteiger partial charge on any atom is 0.180 e. The molecule has 17 heavy (non-hydrogen) atoms. The highest BCUT2D eigenvalue weighted by Gasteiger charge is 2.21. The number of hydrogen-bond acceptors (Lipinski definition) is 4. The number of nitrogens with zero attached hydrogens (tertiary/aromatic N) is 1. The summed E-state index contributed by atoms with van der Waals surface area (Å²) in [4.78, 5) is 0. The van der Waals surface area contributed by atoms with Crippen LogP contribution < -0.4 is 9.47 Å². The molecule has 1 aliphatic heterocycles. The fourth-order valence-corrected chi connectivity index (χ4v) is 1.93. The molecule has 5 heteroatoms. The molecular formula is C12H12ClNO3. The number of halogens is 1. The van der Waals surface area contributed by atoms with Gasteiger partial charge in [-0.05, 0) is 6.07 Å². The molecule has 0 spiro atoms. The average molecular weight is 254 g/mol. The second-order valence-corrected chi connectivity index (χ2v) is 4.11. The van der Waals surface area contributed by atoms with Crippen LogP contribution in [0.25, 0.3) is 0 Å². The lowest BCUT2D eigenvalue weighted by molar-refractivity contribution is 0.139. The fourth-order valence-electron chi connectivity index (χ4n) is 1.67. The van der Waals surface area contributed by atoms with Crippen molar-refractivity contribution in [3.05, 3.63) is 22.7 Å². The summed E-state index contributed by atoms with van der Waals surface area (Å²) < 4.78 is 16.1. The normalized spacial score (nSPS) is 18.8. The van der Waals surface area contributed by atoms with Crippen LogP contribution in [-0.4, -0.2) is 26.4 Å². The SMILES string of the molecule is COc1cc(C#N)cc(Cl)c1OC1CCOC1. The second-order valence-electron chi connectivity index (χ2n) is 3.70. The molecule has 2 rings (SSSR count). The van der Waals surface area contributed by atoms with Gasteiger partial charge in [0.2, 0.25) is 0 Å². The quantitative estimate of drug-likeness (QED) is 0.830. The molecule has 0 saturated carbocycles. The van der Waals surface area contributed by atoms with Gasteiger partial charge in [-0.2, -0.15) is 5.26 Å². The lowest BCUT2D eigenvalue weighted by Crippen LogP contribution is -2.16. The predicted molar refractivity (Wildman–Crippen MR) is 62.6 cm³/mol. The maximum absolute atomic E-state index is 8.83. The Morgan fingerprint density at radius 1 is 1.53 bits per heavy atom. The molecule has 0 amide bonds. The van der Waals surface area contributed by atoms with Crippen LogP contribution in [-0.2, 0) is 4.74 Å². The molecule has 0 bridgehead atoms. The Balaban J connectivity index is 2.28. The summed E-state index contributed by atoms with van der Waals surface area (Å²) >= 11 is 6.07. The van der Waals surface area contributed by atoms with E-state index >= 15 is 0 Å². The van der Waals surface area contributed by atoms with Crippen molar-refractivity contribution >= 4 is 11.6 Å². The molecule has 1 saturated heterocycles. The van der Waals surface area contributed by atoms with Crippen molar-refractivity contribution in [1.82, 2.24) is 0 Å². The van der Waals surface area contributed by atoms with Crippen LogP contribution in [0.1, 0.15) is 12.0 Å². The van der Waals surface area contributed by atoms with E-state index in [2.05, 4.69) is 0 Å². The predicted octanol–water partition coefficient (Wildman–Crippen LogP) is 2.39. The van der Waals surface area contributed by atoms with Gasteiger partial charge in [0.05, 0.1) is 37.0 Å². The van der Waals surface area contributed by atoms with Gasteiger partial charge < -0.3 is 14.2 Å². The van der Waals surface area contributed by atoms with Crippen molar-refractivity contribution in [2.24, 2.45) is 0 Å². The van der Waals surface area contributed by atoms with Gasteiger partial charge in [-0.3, -0.25) is 0 Å². The first kappa shape index (κ1) is 12.0. The van der Waals surface area contributed by atoms with Crippen molar-refractivity contribution < 1.29 is 14.2 Å². The topological polar surface area (TPSA) is 51.5 Å². The van der Waals surface area contributed by atoms with Crippen molar-refractivity contribution in [2.75, 3.05) is 20.3 Å². The Kier molecular flexibility index (Phi) is 3.72. The zero-order valence-corrected chi connectivity index (χ0v) is 10.2. The Morgan fingerprint density at radius 3 is 2.94 bits per heavy atom. The second kappa shape index (κ2) is 5.26. The smallest absolute Gasteiger partial charge is 0.180 e. The van der Waals surface area contributed by atoms with E-state index in [9.17, 15) is 0 Å². The van der Waals surface area contributed by atoms with Gasteiger partial charge in [-0.25, -0.2) is 0 Å². The number of ether oxygens (including phenoxy) is 3. The third-order valence-electron chi connectivity index (χ3n) is 2.53. The standard InChI is InChI=1S/C12H12ClNO3/c1-15-11-5-8(6-14)4-10(13)12(11)17-9-2-3-16-7-9/h4-5,9H,2-3,7H2,1H3. The van der Waals surface area contributed by atoms with E-state index in [0.29, 0.717) is 35.3 Å². The molecule has 1 heterocycles. The molecule has 4 nitrogen and oxygen atoms in total. The van der Waals surface area contributed by atoms with Crippen LogP contribution in [0.2, 0.25) is 5.02 Å². The van der Waals surface area contributed by atoms with E-state index in [1.807, 2.05) is 6.07 Å². The van der Waals surface area contributed by atoms with Gasteiger partial charge in [0.1, 0.15) is 6.10 Å². The number of nitriles is 1. The summed E-state index contributed by atoms with van der Waals surface area (Å²) in [6.07, 6.45) is 0.828. The number of methoxy groups -OCH3 is 1. The van der Waals surface area contributed by atoms with E-state index in [4.69, 9.17) is 31.1 Å². The fraction of sp³-hybridized carbons (Fsp3) is 0.417. The molecule has 0 aliphatic carbocycles. The summed E-state index contributed by atoms with van der Waals surface area (Å²) in [5, 5.41) is 9.21. The third-order valence-corrected chi connectivity index (χ3v) is 2.81. The van der Waals surface area contributed by atoms with Crippen LogP contribution >= 0.6 is 11.6 Å². The molecule has 0 radical (unpaired) electrons. The molecule has 1 unspecified atom stereocenters. The van der Waals surface area contributed by atoms with Crippen LogP contribution in [0, 0.1) is 11.3 Å². The van der Waals surface area contributed by atoms with E-state index in [-0.39, 0.29) is 6.10 Å². The van der Waals surface area contributed by atoms with Gasteiger partial charge in [-0.15, -0.1) is 0 Å². The maximum atomic E-state index is 8.83. The van der Waals surface area contributed by atoms with Gasteiger partial charge >= 0.3 is 0 Å². The number of hydrogen-bond donors (Lipinski definition) is 0. The summed E-state index contributed by atoms with van der Waals surface area (Å²) in [7, 11) is 1.52. The largest absolute Gasteiger partial charge is 0.493 e. The molecule has 0 N–H and O–H groups in total. The van der Waals surface area contributed by atoms with E-state index < -0.39 is 0 Å². The van der Waals surface area contributed by atoms with E-state index in [0.717, 1.165) is 6.42 Å². The zero-order valence-electron chi connectivity index (χ0n) is 9.40. The first-order valence-corrected chi connectivity index (χ1v) is 5.64. The summed E-state index contributed by atoms with van der Waals surface area (Å²) in [6.45, 7) is 1.25. The summed E-state index contributed by atoms with van der Waals surface area (Å²) in [6, 6.07) is 5.19. The summed E-state index contributed by atoms with van der Waals surface area (Å²) in [5.41, 5.74) is 0.446. The van der Waals surface area contributed by atoms with Gasteiger partial charge in [-0.1, -0.05) is 11.6 Å². The Morgan fingerprint density at radius 2 is 2.35 bits per heavy atom. The lowest BCUT2D eigenvalue weighted by Gasteiger charge is -2.16.